The van der Waals surface area contributed by atoms with Crippen LogP contribution >= 0.6 is 46.3 Å². The van der Waals surface area contributed by atoms with E-state index >= 15 is 0 Å². The number of rotatable bonds is 4. The summed E-state index contributed by atoms with van der Waals surface area (Å²) < 4.78 is 43.1. The summed E-state index contributed by atoms with van der Waals surface area (Å²) in [7, 11) is 0. The third-order valence-corrected chi connectivity index (χ3v) is 11.3. The zero-order valence-corrected chi connectivity index (χ0v) is 24.8. The van der Waals surface area contributed by atoms with Gasteiger partial charge in [0.2, 0.25) is 17.7 Å². The number of carbonyl (C=O) groups excluding carboxylic acids is 3. The van der Waals surface area contributed by atoms with Gasteiger partial charge in [-0.15, -0.1) is 0 Å². The zero-order valence-electron chi connectivity index (χ0n) is 21.7. The van der Waals surface area contributed by atoms with Crippen LogP contribution in [0.25, 0.3) is 0 Å². The SMILES string of the molecule is O=C(Cn1c2c(sc1=O)[C@H](c1cccc(Cl)c1Cl)C1C(=O)N(c3ccccc3C(F)(F)F)C(=O)C1S2)N1CCCCC1. The van der Waals surface area contributed by atoms with Crippen LogP contribution in [-0.4, -0.2) is 45.5 Å². The largest absolute Gasteiger partial charge is 0.418 e. The molecule has 3 aliphatic heterocycles. The summed E-state index contributed by atoms with van der Waals surface area (Å²) in [5.74, 6) is -4.05. The molecule has 0 aliphatic carbocycles. The maximum Gasteiger partial charge on any atom is 0.418 e. The highest BCUT2D eigenvalue weighted by Crippen LogP contribution is 2.55. The molecule has 2 aromatic carbocycles. The second-order valence-corrected chi connectivity index (χ2v) is 13.2. The fourth-order valence-corrected chi connectivity index (χ4v) is 9.06. The Morgan fingerprint density at radius 2 is 1.67 bits per heavy atom. The molecule has 14 heteroatoms. The molecule has 7 nitrogen and oxygen atoms in total. The Labute approximate surface area is 256 Å². The van der Waals surface area contributed by atoms with Gasteiger partial charge in [0.15, 0.2) is 0 Å². The lowest BCUT2D eigenvalue weighted by molar-refractivity contribution is -0.137. The summed E-state index contributed by atoms with van der Waals surface area (Å²) in [6.45, 7) is 0.909. The Morgan fingerprint density at radius 1 is 0.952 bits per heavy atom. The molecule has 42 heavy (non-hydrogen) atoms. The second kappa shape index (κ2) is 11.0. The van der Waals surface area contributed by atoms with Crippen molar-refractivity contribution in [3.8, 4) is 0 Å². The van der Waals surface area contributed by atoms with E-state index in [0.717, 1.165) is 54.5 Å². The molecule has 3 atom stereocenters. The molecule has 3 aromatic rings. The number of fused-ring (bicyclic) bond motifs is 2. The monoisotopic (exact) mass is 655 g/mol. The van der Waals surface area contributed by atoms with Crippen molar-refractivity contribution in [3.05, 3.63) is 78.2 Å². The van der Waals surface area contributed by atoms with Crippen LogP contribution in [0.2, 0.25) is 10.0 Å². The van der Waals surface area contributed by atoms with Crippen molar-refractivity contribution in [1.82, 2.24) is 9.47 Å². The van der Waals surface area contributed by atoms with Gasteiger partial charge in [-0.05, 0) is 43.0 Å². The smallest absolute Gasteiger partial charge is 0.341 e. The first-order chi connectivity index (χ1) is 20.0. The highest BCUT2D eigenvalue weighted by Gasteiger charge is 2.58. The third kappa shape index (κ3) is 4.86. The van der Waals surface area contributed by atoms with E-state index in [2.05, 4.69) is 0 Å². The summed E-state index contributed by atoms with van der Waals surface area (Å²) in [5, 5.41) is -0.568. The number of alkyl halides is 3. The lowest BCUT2D eigenvalue weighted by Crippen LogP contribution is -2.39. The molecule has 0 N–H and O–H groups in total. The molecule has 4 heterocycles. The number of carbonyl (C=O) groups is 3. The van der Waals surface area contributed by atoms with Gasteiger partial charge < -0.3 is 4.90 Å². The van der Waals surface area contributed by atoms with E-state index in [-0.39, 0.29) is 22.5 Å². The highest BCUT2D eigenvalue weighted by atomic mass is 35.5. The Hall–Kier alpha value is -2.80. The minimum absolute atomic E-state index is 0.104. The van der Waals surface area contributed by atoms with Gasteiger partial charge in [-0.1, -0.05) is 70.6 Å². The first-order valence-electron chi connectivity index (χ1n) is 13.1. The summed E-state index contributed by atoms with van der Waals surface area (Å²) in [5.41, 5.74) is -1.32. The van der Waals surface area contributed by atoms with Crippen molar-refractivity contribution in [3.63, 3.8) is 0 Å². The Kier molecular flexibility index (Phi) is 7.70. The molecular weight excluding hydrogens is 634 g/mol. The molecule has 2 unspecified atom stereocenters. The molecule has 2 saturated heterocycles. The zero-order chi connectivity index (χ0) is 29.9. The second-order valence-electron chi connectivity index (χ2n) is 10.3. The molecular formula is C28H22Cl2F3N3O4S2. The number of aromatic nitrogens is 1. The number of thioether (sulfide) groups is 1. The van der Waals surface area contributed by atoms with Crippen molar-refractivity contribution < 1.29 is 27.6 Å². The van der Waals surface area contributed by atoms with Gasteiger partial charge >= 0.3 is 11.0 Å². The first-order valence-corrected chi connectivity index (χ1v) is 15.6. The molecule has 0 saturated carbocycles. The summed E-state index contributed by atoms with van der Waals surface area (Å²) in [4.78, 5) is 56.6. The third-order valence-electron chi connectivity index (χ3n) is 7.82. The van der Waals surface area contributed by atoms with E-state index in [9.17, 15) is 32.3 Å². The Balaban J connectivity index is 1.48. The number of nitrogens with zero attached hydrogens (tertiary/aromatic N) is 3. The standard InChI is InChI=1S/C28H22Cl2F3N3O4S2/c29-16-9-6-7-14(21(16)30)19-20-22(25(39)36(24(20)38)17-10-3-2-8-15(17)28(31,32)33)41-26-23(19)42-27(40)35(26)13-18(37)34-11-4-1-5-12-34/h2-3,6-10,19-20,22H,1,4-5,11-13H2/t19-,20?,22?/m1/s1. The molecule has 2 fully saturated rings. The maximum absolute atomic E-state index is 14.0. The van der Waals surface area contributed by atoms with Gasteiger partial charge in [0.1, 0.15) is 11.8 Å². The topological polar surface area (TPSA) is 79.7 Å². The number of halogens is 5. The number of imide groups is 1. The molecule has 3 amide bonds. The molecule has 6 rings (SSSR count). The van der Waals surface area contributed by atoms with Crippen molar-refractivity contribution in [2.75, 3.05) is 18.0 Å². The minimum atomic E-state index is -4.82. The first kappa shape index (κ1) is 29.3. The number of thiazole rings is 1. The van der Waals surface area contributed by atoms with Crippen LogP contribution in [0.4, 0.5) is 18.9 Å². The quantitative estimate of drug-likeness (QED) is 0.320. The summed E-state index contributed by atoms with van der Waals surface area (Å²) in [6.07, 6.45) is -2.07. The number of hydrogen-bond donors (Lipinski definition) is 0. The number of para-hydroxylation sites is 1. The highest BCUT2D eigenvalue weighted by molar-refractivity contribution is 8.00. The van der Waals surface area contributed by atoms with Gasteiger partial charge in [0.05, 0.1) is 32.2 Å². The van der Waals surface area contributed by atoms with Crippen molar-refractivity contribution in [2.45, 2.75) is 48.2 Å². The normalized spacial score (nSPS) is 22.4. The number of piperidine rings is 1. The maximum atomic E-state index is 14.0. The van der Waals surface area contributed by atoms with Crippen LogP contribution in [-0.2, 0) is 27.1 Å². The van der Waals surface area contributed by atoms with Gasteiger partial charge in [0.25, 0.3) is 0 Å². The number of anilines is 1. The summed E-state index contributed by atoms with van der Waals surface area (Å²) >= 11 is 14.7. The molecule has 0 bridgehead atoms. The van der Waals surface area contributed by atoms with E-state index in [0.29, 0.717) is 33.5 Å². The van der Waals surface area contributed by atoms with E-state index in [1.165, 1.54) is 16.7 Å². The molecule has 1 aromatic heterocycles. The Bertz CT molecular complexity index is 1670. The van der Waals surface area contributed by atoms with E-state index in [1.807, 2.05) is 0 Å². The van der Waals surface area contributed by atoms with Crippen molar-refractivity contribution >= 4 is 69.7 Å². The summed E-state index contributed by atoms with van der Waals surface area (Å²) in [6, 6.07) is 9.18. The van der Waals surface area contributed by atoms with Crippen LogP contribution in [0, 0.1) is 5.92 Å². The average molecular weight is 657 g/mol. The fraction of sp³-hybridized carbons (Fsp3) is 0.357. The molecule has 0 spiro atoms. The number of benzene rings is 2. The predicted octanol–water partition coefficient (Wildman–Crippen LogP) is 6.04. The number of likely N-dealkylation sites (tertiary alicyclic amines) is 1. The van der Waals surface area contributed by atoms with Gasteiger partial charge in [-0.25, -0.2) is 4.90 Å². The van der Waals surface area contributed by atoms with Crippen LogP contribution < -0.4 is 9.77 Å². The number of hydrogen-bond acceptors (Lipinski definition) is 6. The number of amides is 3. The van der Waals surface area contributed by atoms with Gasteiger partial charge in [-0.3, -0.25) is 23.7 Å². The average Bonchev–Trinajstić information content (AvgIpc) is 3.41. The lowest BCUT2D eigenvalue weighted by atomic mass is 9.83. The fourth-order valence-electron chi connectivity index (χ4n) is 5.88. The minimum Gasteiger partial charge on any atom is -0.341 e. The predicted molar refractivity (Wildman–Crippen MR) is 154 cm³/mol. The molecule has 220 valence electrons. The molecule has 0 radical (unpaired) electrons. The van der Waals surface area contributed by atoms with Gasteiger partial charge in [-0.2, -0.15) is 13.2 Å². The van der Waals surface area contributed by atoms with Crippen LogP contribution in [0.15, 0.2) is 52.3 Å². The van der Waals surface area contributed by atoms with E-state index in [1.54, 1.807) is 23.1 Å². The van der Waals surface area contributed by atoms with E-state index < -0.39 is 51.2 Å². The Morgan fingerprint density at radius 3 is 2.38 bits per heavy atom. The van der Waals surface area contributed by atoms with Crippen LogP contribution in [0.1, 0.15) is 41.2 Å². The van der Waals surface area contributed by atoms with Crippen LogP contribution in [0.5, 0.6) is 0 Å². The van der Waals surface area contributed by atoms with E-state index in [4.69, 9.17) is 23.2 Å². The van der Waals surface area contributed by atoms with Crippen LogP contribution in [0.3, 0.4) is 0 Å². The van der Waals surface area contributed by atoms with Gasteiger partial charge in [0, 0.05) is 23.9 Å². The lowest BCUT2D eigenvalue weighted by Gasteiger charge is -2.32. The van der Waals surface area contributed by atoms with Crippen molar-refractivity contribution in [1.29, 1.82) is 0 Å². The van der Waals surface area contributed by atoms with Crippen molar-refractivity contribution in [2.24, 2.45) is 5.92 Å². The molecule has 3 aliphatic rings.